The van der Waals surface area contributed by atoms with Crippen molar-refractivity contribution in [3.63, 3.8) is 0 Å². The van der Waals surface area contributed by atoms with Gasteiger partial charge in [-0.25, -0.2) is 8.42 Å². The Kier molecular flexibility index (Phi) is 7.99. The third kappa shape index (κ3) is 6.11. The lowest BCUT2D eigenvalue weighted by Crippen LogP contribution is -2.40. The fraction of sp³-hybridized carbons (Fsp3) is 0.500. The number of rotatable bonds is 8. The van der Waals surface area contributed by atoms with Gasteiger partial charge in [0.2, 0.25) is 15.9 Å². The van der Waals surface area contributed by atoms with Gasteiger partial charge in [-0.2, -0.15) is 15.6 Å². The van der Waals surface area contributed by atoms with Gasteiger partial charge in [-0.3, -0.25) is 9.69 Å². The summed E-state index contributed by atoms with van der Waals surface area (Å²) in [5.74, 6) is -0.192. The first-order chi connectivity index (χ1) is 15.9. The molecule has 1 aromatic heterocycles. The predicted molar refractivity (Wildman–Crippen MR) is 128 cm³/mol. The van der Waals surface area contributed by atoms with Crippen molar-refractivity contribution in [3.05, 3.63) is 40.6 Å². The number of carbonyl (C=O) groups excluding carboxylic acids is 1. The van der Waals surface area contributed by atoms with Gasteiger partial charge in [0, 0.05) is 32.7 Å². The van der Waals surface area contributed by atoms with Crippen molar-refractivity contribution in [2.24, 2.45) is 0 Å². The maximum absolute atomic E-state index is 13.2. The van der Waals surface area contributed by atoms with Crippen LogP contribution in [0.3, 0.4) is 0 Å². The first-order valence-corrected chi connectivity index (χ1v) is 13.4. The molecule has 11 heteroatoms. The minimum atomic E-state index is -3.68. The van der Waals surface area contributed by atoms with Crippen LogP contribution < -0.4 is 10.2 Å². The topological polar surface area (TPSA) is 91.4 Å². The Morgan fingerprint density at radius 1 is 1.09 bits per heavy atom. The van der Waals surface area contributed by atoms with Gasteiger partial charge in [0.15, 0.2) is 0 Å². The van der Waals surface area contributed by atoms with Crippen molar-refractivity contribution in [1.82, 2.24) is 9.21 Å². The molecule has 2 aromatic rings. The highest BCUT2D eigenvalue weighted by molar-refractivity contribution is 7.89. The quantitative estimate of drug-likeness (QED) is 0.597. The molecule has 0 bridgehead atoms. The lowest BCUT2D eigenvalue weighted by Gasteiger charge is -2.31. The van der Waals surface area contributed by atoms with Crippen LogP contribution in [0.5, 0.6) is 0 Å². The van der Waals surface area contributed by atoms with Gasteiger partial charge in [0.05, 0.1) is 49.2 Å². The number of amides is 1. The average Bonchev–Trinajstić information content (AvgIpc) is 3.33. The number of nitrogens with zero attached hydrogens (tertiary/aromatic N) is 3. The molecule has 0 saturated carbocycles. The Hall–Kier alpha value is -2.02. The number of ether oxygens (including phenoxy) is 2. The highest BCUT2D eigenvalue weighted by atomic mass is 32.2. The van der Waals surface area contributed by atoms with E-state index >= 15 is 0 Å². The van der Waals surface area contributed by atoms with E-state index in [2.05, 4.69) is 15.6 Å². The van der Waals surface area contributed by atoms with Crippen LogP contribution in [0.2, 0.25) is 0 Å². The molecule has 0 unspecified atom stereocenters. The molecule has 2 fully saturated rings. The summed E-state index contributed by atoms with van der Waals surface area (Å²) in [6.07, 6.45) is 0. The van der Waals surface area contributed by atoms with E-state index in [0.717, 1.165) is 11.3 Å². The molecule has 2 aliphatic rings. The summed E-state index contributed by atoms with van der Waals surface area (Å²) in [5, 5.41) is 7.04. The van der Waals surface area contributed by atoms with E-state index in [-0.39, 0.29) is 17.3 Å². The van der Waals surface area contributed by atoms with Crippen LogP contribution in [0.1, 0.15) is 5.56 Å². The summed E-state index contributed by atoms with van der Waals surface area (Å²) in [6, 6.07) is 7.01. The number of thiophene rings is 1. The zero-order valence-electron chi connectivity index (χ0n) is 18.7. The predicted octanol–water partition coefficient (Wildman–Crippen LogP) is 1.68. The number of hydrogen-bond acceptors (Lipinski definition) is 8. The summed E-state index contributed by atoms with van der Waals surface area (Å²) in [4.78, 5) is 17.1. The minimum absolute atomic E-state index is 0.170. The van der Waals surface area contributed by atoms with Gasteiger partial charge >= 0.3 is 0 Å². The normalized spacial score (nSPS) is 17.9. The van der Waals surface area contributed by atoms with Crippen molar-refractivity contribution in [3.8, 4) is 0 Å². The fourth-order valence-corrected chi connectivity index (χ4v) is 6.07. The molecule has 1 aromatic carbocycles. The van der Waals surface area contributed by atoms with Crippen LogP contribution in [0.25, 0.3) is 0 Å². The van der Waals surface area contributed by atoms with Gasteiger partial charge in [0.25, 0.3) is 0 Å². The lowest BCUT2D eigenvalue weighted by molar-refractivity contribution is -0.117. The molecule has 1 N–H and O–H groups in total. The molecular formula is C22H30N4O5S2. The first-order valence-electron chi connectivity index (χ1n) is 11.0. The monoisotopic (exact) mass is 494 g/mol. The zero-order chi connectivity index (χ0) is 23.3. The Morgan fingerprint density at radius 2 is 1.79 bits per heavy atom. The number of sulfonamides is 1. The second-order valence-corrected chi connectivity index (χ2v) is 10.9. The van der Waals surface area contributed by atoms with Crippen molar-refractivity contribution >= 4 is 38.6 Å². The summed E-state index contributed by atoms with van der Waals surface area (Å²) >= 11 is 1.62. The molecule has 3 heterocycles. The highest BCUT2D eigenvalue weighted by Crippen LogP contribution is 2.31. The highest BCUT2D eigenvalue weighted by Gasteiger charge is 2.28. The van der Waals surface area contributed by atoms with Crippen molar-refractivity contribution in [2.45, 2.75) is 11.4 Å². The smallest absolute Gasteiger partial charge is 0.243 e. The second-order valence-electron chi connectivity index (χ2n) is 8.15. The van der Waals surface area contributed by atoms with E-state index in [1.165, 1.54) is 4.31 Å². The number of hydrogen-bond donors (Lipinski definition) is 1. The minimum Gasteiger partial charge on any atom is -0.379 e. The number of morpholine rings is 2. The van der Waals surface area contributed by atoms with E-state index in [1.54, 1.807) is 29.5 Å². The van der Waals surface area contributed by atoms with Crippen LogP contribution >= 0.6 is 11.3 Å². The Bertz CT molecular complexity index is 1030. The molecule has 1 amide bonds. The standard InChI is InChI=1S/C22H30N4O5S2/c1-24(15-18-4-13-32-17-18)16-22(27)23-20-14-19(33(28,29)26-7-11-31-12-8-26)2-3-21(20)25-5-9-30-10-6-25/h2-4,13-14,17H,5-12,15-16H2,1H3,(H,23,27). The number of carbonyl (C=O) groups is 1. The average molecular weight is 495 g/mol. The summed E-state index contributed by atoms with van der Waals surface area (Å²) in [7, 11) is -1.79. The van der Waals surface area contributed by atoms with Crippen LogP contribution in [0.15, 0.2) is 39.9 Å². The molecule has 9 nitrogen and oxygen atoms in total. The number of likely N-dealkylation sites (N-methyl/N-ethyl adjacent to an activating group) is 1. The van der Waals surface area contributed by atoms with E-state index in [9.17, 15) is 13.2 Å². The van der Waals surface area contributed by atoms with Crippen molar-refractivity contribution in [1.29, 1.82) is 0 Å². The molecule has 2 aliphatic heterocycles. The second kappa shape index (κ2) is 10.9. The molecule has 0 radical (unpaired) electrons. The van der Waals surface area contributed by atoms with E-state index in [0.29, 0.717) is 64.8 Å². The largest absolute Gasteiger partial charge is 0.379 e. The summed E-state index contributed by atoms with van der Waals surface area (Å²) in [6.45, 7) is 4.79. The molecule has 2 saturated heterocycles. The van der Waals surface area contributed by atoms with Gasteiger partial charge in [-0.05, 0) is 47.6 Å². The van der Waals surface area contributed by atoms with Crippen molar-refractivity contribution < 1.29 is 22.7 Å². The Balaban J connectivity index is 1.54. The van der Waals surface area contributed by atoms with Crippen LogP contribution in [-0.4, -0.2) is 89.7 Å². The number of anilines is 2. The molecule has 0 aliphatic carbocycles. The SMILES string of the molecule is CN(CC(=O)Nc1cc(S(=O)(=O)N2CCOCC2)ccc1N1CCOCC1)Cc1ccsc1. The first kappa shape index (κ1) is 24.1. The Morgan fingerprint density at radius 3 is 2.45 bits per heavy atom. The molecule has 33 heavy (non-hydrogen) atoms. The van der Waals surface area contributed by atoms with Crippen molar-refractivity contribution in [2.75, 3.05) is 76.4 Å². The van der Waals surface area contributed by atoms with Crippen LogP contribution in [0.4, 0.5) is 11.4 Å². The number of nitrogens with one attached hydrogen (secondary N) is 1. The fourth-order valence-electron chi connectivity index (χ4n) is 3.98. The summed E-state index contributed by atoms with van der Waals surface area (Å²) < 4.78 is 38.5. The van der Waals surface area contributed by atoms with E-state index in [1.807, 2.05) is 23.4 Å². The van der Waals surface area contributed by atoms with Gasteiger partial charge in [0.1, 0.15) is 0 Å². The van der Waals surface area contributed by atoms with E-state index < -0.39 is 10.0 Å². The Labute approximate surface area is 198 Å². The van der Waals surface area contributed by atoms with Gasteiger partial charge in [-0.1, -0.05) is 0 Å². The molecule has 180 valence electrons. The molecule has 0 atom stereocenters. The molecule has 4 rings (SSSR count). The maximum Gasteiger partial charge on any atom is 0.243 e. The zero-order valence-corrected chi connectivity index (χ0v) is 20.4. The third-order valence-electron chi connectivity index (χ3n) is 5.65. The van der Waals surface area contributed by atoms with Gasteiger partial charge < -0.3 is 19.7 Å². The summed E-state index contributed by atoms with van der Waals surface area (Å²) in [5.41, 5.74) is 2.45. The van der Waals surface area contributed by atoms with Crippen LogP contribution in [0, 0.1) is 0 Å². The van der Waals surface area contributed by atoms with Gasteiger partial charge in [-0.15, -0.1) is 0 Å². The molecular weight excluding hydrogens is 464 g/mol. The van der Waals surface area contributed by atoms with E-state index in [4.69, 9.17) is 9.47 Å². The third-order valence-corrected chi connectivity index (χ3v) is 8.27. The maximum atomic E-state index is 13.2. The molecule has 0 spiro atoms. The number of benzene rings is 1. The van der Waals surface area contributed by atoms with Crippen LogP contribution in [-0.2, 0) is 30.8 Å². The lowest BCUT2D eigenvalue weighted by atomic mass is 10.2.